The second kappa shape index (κ2) is 5.60. The van der Waals surface area contributed by atoms with Gasteiger partial charge in [-0.1, -0.05) is 56.0 Å². The summed E-state index contributed by atoms with van der Waals surface area (Å²) in [6.07, 6.45) is 0.0243. The van der Waals surface area contributed by atoms with Crippen LogP contribution in [0.3, 0.4) is 0 Å². The minimum Gasteiger partial charge on any atom is -0.387 e. The molecule has 0 heterocycles. The number of rotatable bonds is 2. The molecule has 0 aromatic heterocycles. The maximum Gasteiger partial charge on any atom is 0.129 e. The molecule has 1 N–H and O–H groups in total. The standard InChI is InChI=1S/C17H20OSi/c1-19(2,3)12-6-9-17(18)16-11-10-14-7-4-5-8-15(14)13-16/h4-5,7-8,10-11,13,17-18H,9H2,1-3H3. The van der Waals surface area contributed by atoms with E-state index < -0.39 is 14.2 Å². The smallest absolute Gasteiger partial charge is 0.129 e. The van der Waals surface area contributed by atoms with Crippen molar-refractivity contribution in [1.29, 1.82) is 0 Å². The molecule has 2 heteroatoms. The summed E-state index contributed by atoms with van der Waals surface area (Å²) in [4.78, 5) is 0. The molecule has 1 atom stereocenters. The van der Waals surface area contributed by atoms with E-state index in [-0.39, 0.29) is 0 Å². The van der Waals surface area contributed by atoms with Crippen molar-refractivity contribution in [1.82, 2.24) is 0 Å². The number of benzene rings is 2. The predicted octanol–water partition coefficient (Wildman–Crippen LogP) is 4.14. The van der Waals surface area contributed by atoms with Gasteiger partial charge in [0.25, 0.3) is 0 Å². The Bertz CT molecular complexity index is 629. The lowest BCUT2D eigenvalue weighted by Gasteiger charge is -2.09. The van der Waals surface area contributed by atoms with Crippen molar-refractivity contribution in [3.05, 3.63) is 48.0 Å². The van der Waals surface area contributed by atoms with Crippen molar-refractivity contribution >= 4 is 18.8 Å². The number of fused-ring (bicyclic) bond motifs is 1. The molecule has 0 fully saturated rings. The van der Waals surface area contributed by atoms with Crippen LogP contribution in [0.4, 0.5) is 0 Å². The minimum absolute atomic E-state index is 0.492. The third-order valence-corrected chi connectivity index (χ3v) is 3.84. The van der Waals surface area contributed by atoms with Crippen LogP contribution in [0.25, 0.3) is 10.8 Å². The SMILES string of the molecule is C[Si](C)(C)C#CCC(O)c1ccc2ccccc2c1. The lowest BCUT2D eigenvalue weighted by molar-refractivity contribution is 0.184. The molecule has 1 unspecified atom stereocenters. The van der Waals surface area contributed by atoms with Crippen LogP contribution >= 0.6 is 0 Å². The summed E-state index contributed by atoms with van der Waals surface area (Å²) in [6, 6.07) is 14.3. The lowest BCUT2D eigenvalue weighted by Crippen LogP contribution is -2.16. The predicted molar refractivity (Wildman–Crippen MR) is 84.6 cm³/mol. The molecule has 0 aliphatic heterocycles. The van der Waals surface area contributed by atoms with Gasteiger partial charge in [-0.2, -0.15) is 0 Å². The fraction of sp³-hybridized carbons (Fsp3) is 0.294. The molecular formula is C17H20OSi. The number of aliphatic hydroxyl groups excluding tert-OH is 1. The van der Waals surface area contributed by atoms with Crippen LogP contribution in [0.2, 0.25) is 19.6 Å². The van der Waals surface area contributed by atoms with Crippen LogP contribution in [0.5, 0.6) is 0 Å². The van der Waals surface area contributed by atoms with Gasteiger partial charge in [-0.15, -0.1) is 11.5 Å². The van der Waals surface area contributed by atoms with Crippen LogP contribution in [0, 0.1) is 11.5 Å². The first-order valence-corrected chi connectivity index (χ1v) is 10.1. The molecular weight excluding hydrogens is 248 g/mol. The maximum absolute atomic E-state index is 10.2. The highest BCUT2D eigenvalue weighted by Crippen LogP contribution is 2.22. The van der Waals surface area contributed by atoms with Gasteiger partial charge in [-0.05, 0) is 22.4 Å². The van der Waals surface area contributed by atoms with Gasteiger partial charge in [0, 0.05) is 6.42 Å². The van der Waals surface area contributed by atoms with Crippen molar-refractivity contribution < 1.29 is 5.11 Å². The van der Waals surface area contributed by atoms with E-state index in [0.29, 0.717) is 6.42 Å². The zero-order valence-electron chi connectivity index (χ0n) is 11.8. The molecule has 1 nitrogen and oxygen atoms in total. The van der Waals surface area contributed by atoms with E-state index in [4.69, 9.17) is 0 Å². The Morgan fingerprint density at radius 1 is 1.05 bits per heavy atom. The molecule has 19 heavy (non-hydrogen) atoms. The number of aliphatic hydroxyl groups is 1. The van der Waals surface area contributed by atoms with E-state index in [1.165, 1.54) is 5.39 Å². The van der Waals surface area contributed by atoms with Gasteiger partial charge in [-0.25, -0.2) is 0 Å². The van der Waals surface area contributed by atoms with Crippen LogP contribution in [-0.2, 0) is 0 Å². The van der Waals surface area contributed by atoms with Gasteiger partial charge < -0.3 is 5.11 Å². The summed E-state index contributed by atoms with van der Waals surface area (Å²) in [5.41, 5.74) is 4.24. The number of hydrogen-bond donors (Lipinski definition) is 1. The van der Waals surface area contributed by atoms with Crippen molar-refractivity contribution in [2.45, 2.75) is 32.2 Å². The molecule has 0 aliphatic rings. The van der Waals surface area contributed by atoms with Gasteiger partial charge in [-0.3, -0.25) is 0 Å². The van der Waals surface area contributed by atoms with Gasteiger partial charge in [0.1, 0.15) is 8.07 Å². The molecule has 0 saturated carbocycles. The first-order chi connectivity index (χ1) is 8.96. The highest BCUT2D eigenvalue weighted by molar-refractivity contribution is 6.83. The molecule has 0 bridgehead atoms. The molecule has 0 amide bonds. The molecule has 98 valence electrons. The fourth-order valence-corrected chi connectivity index (χ4v) is 2.58. The van der Waals surface area contributed by atoms with Gasteiger partial charge in [0.05, 0.1) is 6.10 Å². The zero-order chi connectivity index (χ0) is 13.9. The summed E-state index contributed by atoms with van der Waals surface area (Å²) in [7, 11) is -1.34. The normalized spacial score (nSPS) is 12.8. The molecule has 0 radical (unpaired) electrons. The van der Waals surface area contributed by atoms with E-state index in [2.05, 4.69) is 55.4 Å². The largest absolute Gasteiger partial charge is 0.387 e. The van der Waals surface area contributed by atoms with Gasteiger partial charge >= 0.3 is 0 Å². The summed E-state index contributed by atoms with van der Waals surface area (Å²) >= 11 is 0. The van der Waals surface area contributed by atoms with E-state index in [0.717, 1.165) is 10.9 Å². The Morgan fingerprint density at radius 3 is 2.42 bits per heavy atom. The summed E-state index contributed by atoms with van der Waals surface area (Å²) in [6.45, 7) is 6.63. The Labute approximate surface area is 116 Å². The van der Waals surface area contributed by atoms with Crippen molar-refractivity contribution in [3.8, 4) is 11.5 Å². The van der Waals surface area contributed by atoms with Crippen LogP contribution in [0.15, 0.2) is 42.5 Å². The third kappa shape index (κ3) is 3.95. The average Bonchev–Trinajstić information content (AvgIpc) is 2.36. The summed E-state index contributed by atoms with van der Waals surface area (Å²) in [5.74, 6) is 3.13. The van der Waals surface area contributed by atoms with E-state index in [1.807, 2.05) is 18.2 Å². The fourth-order valence-electron chi connectivity index (χ4n) is 1.95. The highest BCUT2D eigenvalue weighted by Gasteiger charge is 2.09. The van der Waals surface area contributed by atoms with E-state index in [1.54, 1.807) is 0 Å². The van der Waals surface area contributed by atoms with Gasteiger partial charge in [0.15, 0.2) is 0 Å². The zero-order valence-corrected chi connectivity index (χ0v) is 12.8. The van der Waals surface area contributed by atoms with Gasteiger partial charge in [0.2, 0.25) is 0 Å². The average molecular weight is 268 g/mol. The topological polar surface area (TPSA) is 20.2 Å². The Morgan fingerprint density at radius 2 is 1.74 bits per heavy atom. The molecule has 2 rings (SSSR count). The Balaban J connectivity index is 2.17. The van der Waals surface area contributed by atoms with Crippen molar-refractivity contribution in [2.75, 3.05) is 0 Å². The second-order valence-electron chi connectivity index (χ2n) is 5.88. The second-order valence-corrected chi connectivity index (χ2v) is 10.6. The lowest BCUT2D eigenvalue weighted by atomic mass is 10.0. The summed E-state index contributed by atoms with van der Waals surface area (Å²) in [5, 5.41) is 12.6. The Kier molecular flexibility index (Phi) is 4.09. The Hall–Kier alpha value is -1.56. The maximum atomic E-state index is 10.2. The molecule has 0 aliphatic carbocycles. The van der Waals surface area contributed by atoms with Crippen molar-refractivity contribution in [2.24, 2.45) is 0 Å². The minimum atomic E-state index is -1.34. The monoisotopic (exact) mass is 268 g/mol. The number of hydrogen-bond acceptors (Lipinski definition) is 1. The molecule has 0 saturated heterocycles. The molecule has 2 aromatic rings. The highest BCUT2D eigenvalue weighted by atomic mass is 28.3. The molecule has 2 aromatic carbocycles. The van der Waals surface area contributed by atoms with Crippen LogP contribution in [-0.4, -0.2) is 13.2 Å². The van der Waals surface area contributed by atoms with Crippen LogP contribution in [0.1, 0.15) is 18.1 Å². The third-order valence-electron chi connectivity index (χ3n) is 2.92. The molecule has 0 spiro atoms. The van der Waals surface area contributed by atoms with E-state index >= 15 is 0 Å². The van der Waals surface area contributed by atoms with E-state index in [9.17, 15) is 5.11 Å². The van der Waals surface area contributed by atoms with Crippen LogP contribution < -0.4 is 0 Å². The summed E-state index contributed by atoms with van der Waals surface area (Å²) < 4.78 is 0. The quantitative estimate of drug-likeness (QED) is 0.641. The first kappa shape index (κ1) is 13.9. The first-order valence-electron chi connectivity index (χ1n) is 6.62. The van der Waals surface area contributed by atoms with Crippen molar-refractivity contribution in [3.63, 3.8) is 0 Å².